The molecular weight excluding hydrogens is 312 g/mol. The molecule has 0 atom stereocenters. The summed E-state index contributed by atoms with van der Waals surface area (Å²) in [5, 5.41) is 13.4. The summed E-state index contributed by atoms with van der Waals surface area (Å²) in [6.45, 7) is 2.94. The van der Waals surface area contributed by atoms with Crippen molar-refractivity contribution in [3.8, 4) is 0 Å². The quantitative estimate of drug-likeness (QED) is 0.517. The van der Waals surface area contributed by atoms with Crippen LogP contribution in [-0.4, -0.2) is 23.4 Å². The number of esters is 1. The number of carbonyl (C=O) groups excluding carboxylic acids is 2. The molecule has 0 unspecified atom stereocenters. The zero-order chi connectivity index (χ0) is 17.7. The zero-order valence-corrected chi connectivity index (χ0v) is 13.2. The van der Waals surface area contributed by atoms with Crippen molar-refractivity contribution in [1.82, 2.24) is 0 Å². The number of nitrogens with one attached hydrogen (secondary N) is 1. The maximum absolute atomic E-state index is 11.9. The van der Waals surface area contributed by atoms with E-state index in [1.165, 1.54) is 12.1 Å². The van der Waals surface area contributed by atoms with E-state index in [0.717, 1.165) is 5.56 Å². The molecule has 2 aromatic carbocycles. The molecule has 0 aromatic heterocycles. The molecule has 0 saturated carbocycles. The van der Waals surface area contributed by atoms with Gasteiger partial charge < -0.3 is 10.1 Å². The van der Waals surface area contributed by atoms with E-state index in [4.69, 9.17) is 4.74 Å². The number of ether oxygens (including phenoxy) is 1. The minimum Gasteiger partial charge on any atom is -0.452 e. The first-order chi connectivity index (χ1) is 11.4. The Bertz CT molecular complexity index is 801. The van der Waals surface area contributed by atoms with E-state index in [1.807, 2.05) is 13.0 Å². The van der Waals surface area contributed by atoms with Crippen LogP contribution in [0.15, 0.2) is 42.5 Å². The molecule has 0 aliphatic heterocycles. The molecule has 0 spiro atoms. The average Bonchev–Trinajstić information content (AvgIpc) is 2.54. The summed E-state index contributed by atoms with van der Waals surface area (Å²) in [6, 6.07) is 11.2. The van der Waals surface area contributed by atoms with Gasteiger partial charge in [0.1, 0.15) is 5.69 Å². The fraction of sp³-hybridized carbons (Fsp3) is 0.176. The summed E-state index contributed by atoms with van der Waals surface area (Å²) in [6.07, 6.45) is 0. The van der Waals surface area contributed by atoms with Crippen molar-refractivity contribution in [3.63, 3.8) is 0 Å². The number of carbonyl (C=O) groups is 2. The molecule has 24 heavy (non-hydrogen) atoms. The fourth-order valence-electron chi connectivity index (χ4n) is 2.13. The Morgan fingerprint density at radius 3 is 2.54 bits per heavy atom. The summed E-state index contributed by atoms with van der Waals surface area (Å²) in [5.41, 5.74) is 1.66. The summed E-state index contributed by atoms with van der Waals surface area (Å²) in [4.78, 5) is 34.2. The van der Waals surface area contributed by atoms with Gasteiger partial charge in [0.2, 0.25) is 0 Å². The Morgan fingerprint density at radius 2 is 1.88 bits per heavy atom. The van der Waals surface area contributed by atoms with Gasteiger partial charge in [0, 0.05) is 6.07 Å². The number of hydrogen-bond acceptors (Lipinski definition) is 5. The maximum atomic E-state index is 11.9. The lowest BCUT2D eigenvalue weighted by Gasteiger charge is -2.09. The van der Waals surface area contributed by atoms with Crippen LogP contribution in [0.3, 0.4) is 0 Å². The predicted octanol–water partition coefficient (Wildman–Crippen LogP) is 3.01. The van der Waals surface area contributed by atoms with Gasteiger partial charge in [0.15, 0.2) is 6.61 Å². The van der Waals surface area contributed by atoms with E-state index >= 15 is 0 Å². The zero-order valence-electron chi connectivity index (χ0n) is 13.2. The lowest BCUT2D eigenvalue weighted by atomic mass is 10.1. The number of aryl methyl sites for hydroxylation is 2. The largest absolute Gasteiger partial charge is 0.452 e. The van der Waals surface area contributed by atoms with Crippen LogP contribution < -0.4 is 5.32 Å². The molecule has 1 amide bonds. The highest BCUT2D eigenvalue weighted by atomic mass is 16.6. The monoisotopic (exact) mass is 328 g/mol. The third-order valence-corrected chi connectivity index (χ3v) is 3.30. The highest BCUT2D eigenvalue weighted by molar-refractivity contribution is 5.97. The Balaban J connectivity index is 2.02. The normalized spacial score (nSPS) is 10.1. The van der Waals surface area contributed by atoms with Gasteiger partial charge in [-0.05, 0) is 31.5 Å². The van der Waals surface area contributed by atoms with E-state index in [0.29, 0.717) is 11.1 Å². The number of nitro benzene ring substituents is 1. The van der Waals surface area contributed by atoms with Gasteiger partial charge in [-0.3, -0.25) is 14.9 Å². The van der Waals surface area contributed by atoms with Crippen LogP contribution >= 0.6 is 0 Å². The highest BCUT2D eigenvalue weighted by Gasteiger charge is 2.18. The van der Waals surface area contributed by atoms with Crippen molar-refractivity contribution in [2.45, 2.75) is 13.8 Å². The van der Waals surface area contributed by atoms with Gasteiger partial charge >= 0.3 is 5.97 Å². The molecule has 7 heteroatoms. The molecule has 0 aliphatic carbocycles. The van der Waals surface area contributed by atoms with Gasteiger partial charge in [-0.1, -0.05) is 29.8 Å². The maximum Gasteiger partial charge on any atom is 0.338 e. The molecule has 0 fully saturated rings. The second-order valence-electron chi connectivity index (χ2n) is 5.22. The van der Waals surface area contributed by atoms with Crippen LogP contribution in [0, 0.1) is 24.0 Å². The number of anilines is 1. The standard InChI is InChI=1S/C17H16N2O5/c1-11-5-3-7-13(9-11)17(21)24-10-15(20)18-16-12(2)6-4-8-14(16)19(22)23/h3-9H,10H2,1-2H3,(H,18,20). The van der Waals surface area contributed by atoms with Crippen molar-refractivity contribution >= 4 is 23.3 Å². The van der Waals surface area contributed by atoms with Crippen LogP contribution in [-0.2, 0) is 9.53 Å². The summed E-state index contributed by atoms with van der Waals surface area (Å²) < 4.78 is 4.94. The highest BCUT2D eigenvalue weighted by Crippen LogP contribution is 2.27. The summed E-state index contributed by atoms with van der Waals surface area (Å²) in [7, 11) is 0. The molecule has 0 aliphatic rings. The Morgan fingerprint density at radius 1 is 1.17 bits per heavy atom. The number of nitrogens with zero attached hydrogens (tertiary/aromatic N) is 1. The first-order valence-electron chi connectivity index (χ1n) is 7.16. The van der Waals surface area contributed by atoms with Crippen molar-refractivity contribution in [2.24, 2.45) is 0 Å². The minimum atomic E-state index is -0.645. The molecule has 0 heterocycles. The molecule has 2 rings (SSSR count). The number of para-hydroxylation sites is 1. The van der Waals surface area contributed by atoms with Gasteiger partial charge in [0.25, 0.3) is 11.6 Å². The molecule has 2 aromatic rings. The van der Waals surface area contributed by atoms with Crippen molar-refractivity contribution in [2.75, 3.05) is 11.9 Å². The van der Waals surface area contributed by atoms with Crippen LogP contribution in [0.4, 0.5) is 11.4 Å². The Kier molecular flexibility index (Phi) is 5.26. The number of nitro groups is 1. The SMILES string of the molecule is Cc1cccc(C(=O)OCC(=O)Nc2c(C)cccc2[N+](=O)[O-])c1. The van der Waals surface area contributed by atoms with E-state index in [2.05, 4.69) is 5.32 Å². The van der Waals surface area contributed by atoms with Crippen molar-refractivity contribution in [1.29, 1.82) is 0 Å². The van der Waals surface area contributed by atoms with Crippen LogP contribution in [0.2, 0.25) is 0 Å². The second-order valence-corrected chi connectivity index (χ2v) is 5.22. The lowest BCUT2D eigenvalue weighted by Crippen LogP contribution is -2.22. The smallest absolute Gasteiger partial charge is 0.338 e. The average molecular weight is 328 g/mol. The summed E-state index contributed by atoms with van der Waals surface area (Å²) >= 11 is 0. The number of hydrogen-bond donors (Lipinski definition) is 1. The van der Waals surface area contributed by atoms with Gasteiger partial charge in [0.05, 0.1) is 10.5 Å². The Hall–Kier alpha value is -3.22. The van der Waals surface area contributed by atoms with Crippen LogP contribution in [0.5, 0.6) is 0 Å². The number of amides is 1. The van der Waals surface area contributed by atoms with E-state index in [1.54, 1.807) is 31.2 Å². The van der Waals surface area contributed by atoms with E-state index in [9.17, 15) is 19.7 Å². The first kappa shape index (κ1) is 17.1. The van der Waals surface area contributed by atoms with Crippen LogP contribution in [0.1, 0.15) is 21.5 Å². The van der Waals surface area contributed by atoms with E-state index in [-0.39, 0.29) is 11.4 Å². The molecule has 0 radical (unpaired) electrons. The minimum absolute atomic E-state index is 0.0964. The topological polar surface area (TPSA) is 98.5 Å². The third-order valence-electron chi connectivity index (χ3n) is 3.30. The molecule has 7 nitrogen and oxygen atoms in total. The predicted molar refractivity (Wildman–Crippen MR) is 87.9 cm³/mol. The fourth-order valence-corrected chi connectivity index (χ4v) is 2.13. The van der Waals surface area contributed by atoms with Gasteiger partial charge in [-0.25, -0.2) is 4.79 Å². The van der Waals surface area contributed by atoms with Crippen molar-refractivity contribution < 1.29 is 19.2 Å². The first-order valence-corrected chi connectivity index (χ1v) is 7.16. The molecular formula is C17H16N2O5. The number of benzene rings is 2. The van der Waals surface area contributed by atoms with Gasteiger partial charge in [-0.15, -0.1) is 0 Å². The number of rotatable bonds is 5. The van der Waals surface area contributed by atoms with E-state index < -0.39 is 23.4 Å². The third kappa shape index (κ3) is 4.16. The lowest BCUT2D eigenvalue weighted by molar-refractivity contribution is -0.384. The van der Waals surface area contributed by atoms with Crippen LogP contribution in [0.25, 0.3) is 0 Å². The molecule has 0 bridgehead atoms. The molecule has 124 valence electrons. The second kappa shape index (κ2) is 7.36. The van der Waals surface area contributed by atoms with Gasteiger partial charge in [-0.2, -0.15) is 0 Å². The summed E-state index contributed by atoms with van der Waals surface area (Å²) in [5.74, 6) is -1.28. The van der Waals surface area contributed by atoms with Crippen molar-refractivity contribution in [3.05, 3.63) is 69.3 Å². The molecule has 0 saturated heterocycles. The Labute approximate surface area is 138 Å². The molecule has 1 N–H and O–H groups in total.